The predicted molar refractivity (Wildman–Crippen MR) is 105 cm³/mol. The molecule has 0 radical (unpaired) electrons. The van der Waals surface area contributed by atoms with E-state index in [1.54, 1.807) is 11.3 Å². The summed E-state index contributed by atoms with van der Waals surface area (Å²) in [6.45, 7) is 6.87. The lowest BCUT2D eigenvalue weighted by atomic mass is 9.72. The Morgan fingerprint density at radius 1 is 1.23 bits per heavy atom. The van der Waals surface area contributed by atoms with Crippen LogP contribution in [0.2, 0.25) is 0 Å². The van der Waals surface area contributed by atoms with Crippen molar-refractivity contribution in [2.24, 2.45) is 5.92 Å². The van der Waals surface area contributed by atoms with E-state index in [-0.39, 0.29) is 17.5 Å². The van der Waals surface area contributed by atoms with E-state index >= 15 is 0 Å². The van der Waals surface area contributed by atoms with Gasteiger partial charge in [0.25, 0.3) is 5.91 Å². The van der Waals surface area contributed by atoms with Crippen LogP contribution in [0.4, 0.5) is 0 Å². The number of benzene rings is 1. The van der Waals surface area contributed by atoms with E-state index in [9.17, 15) is 4.79 Å². The Bertz CT molecular complexity index is 847. The third-order valence-electron chi connectivity index (χ3n) is 6.42. The van der Waals surface area contributed by atoms with E-state index < -0.39 is 0 Å². The molecule has 1 aliphatic carbocycles. The predicted octanol–water partition coefficient (Wildman–Crippen LogP) is 4.05. The van der Waals surface area contributed by atoms with Gasteiger partial charge in [-0.15, -0.1) is 11.3 Å². The smallest absolute Gasteiger partial charge is 0.261 e. The molecule has 1 aromatic carbocycles. The maximum Gasteiger partial charge on any atom is 0.261 e. The Balaban J connectivity index is 1.40. The molecule has 3 aliphatic heterocycles. The number of hydrogen-bond donors (Lipinski definition) is 1. The summed E-state index contributed by atoms with van der Waals surface area (Å²) in [6, 6.07) is 8.36. The van der Waals surface area contributed by atoms with Crippen LogP contribution in [0.3, 0.4) is 0 Å². The van der Waals surface area contributed by atoms with Crippen molar-refractivity contribution in [3.8, 4) is 5.75 Å². The highest BCUT2D eigenvalue weighted by Gasteiger charge is 2.48. The van der Waals surface area contributed by atoms with E-state index in [1.165, 1.54) is 12.8 Å². The van der Waals surface area contributed by atoms with Crippen molar-refractivity contribution in [3.05, 3.63) is 29.1 Å². The molecule has 1 amide bonds. The van der Waals surface area contributed by atoms with Crippen LogP contribution in [0.1, 0.15) is 49.2 Å². The second-order valence-corrected chi connectivity index (χ2v) is 9.58. The molecule has 4 aliphatic rings. The number of hydrogen-bond acceptors (Lipinski definition) is 4. The fourth-order valence-electron chi connectivity index (χ4n) is 4.70. The normalized spacial score (nSPS) is 29.7. The van der Waals surface area contributed by atoms with Crippen LogP contribution in [0.25, 0.3) is 10.1 Å². The van der Waals surface area contributed by atoms with Crippen molar-refractivity contribution < 1.29 is 9.53 Å². The average Bonchev–Trinajstić information content (AvgIpc) is 3.33. The molecule has 0 spiro atoms. The van der Waals surface area contributed by atoms with E-state index in [0.29, 0.717) is 12.0 Å². The molecule has 26 heavy (non-hydrogen) atoms. The molecule has 4 heterocycles. The Morgan fingerprint density at radius 2 is 2.00 bits per heavy atom. The first-order valence-corrected chi connectivity index (χ1v) is 10.6. The number of carbonyl (C=O) groups excluding carboxylic acids is 1. The van der Waals surface area contributed by atoms with Gasteiger partial charge < -0.3 is 10.1 Å². The molecule has 2 aromatic rings. The Kier molecular flexibility index (Phi) is 3.80. The number of nitrogens with one attached hydrogen (secondary N) is 1. The summed E-state index contributed by atoms with van der Waals surface area (Å²) in [5, 5.41) is 4.48. The highest BCUT2D eigenvalue weighted by molar-refractivity contribution is 7.21. The van der Waals surface area contributed by atoms with Crippen LogP contribution in [-0.4, -0.2) is 41.6 Å². The van der Waals surface area contributed by atoms with Gasteiger partial charge in [-0.25, -0.2) is 0 Å². The van der Waals surface area contributed by atoms with E-state index in [4.69, 9.17) is 4.74 Å². The molecule has 0 unspecified atom stereocenters. The van der Waals surface area contributed by atoms with Gasteiger partial charge in [-0.05, 0) is 76.1 Å². The molecule has 4 fully saturated rings. The summed E-state index contributed by atoms with van der Waals surface area (Å²) in [5.74, 6) is 1.59. The van der Waals surface area contributed by atoms with Crippen molar-refractivity contribution in [2.45, 2.75) is 57.2 Å². The lowest BCUT2D eigenvalue weighted by Gasteiger charge is -2.56. The van der Waals surface area contributed by atoms with Crippen LogP contribution in [0, 0.1) is 5.92 Å². The fourth-order valence-corrected chi connectivity index (χ4v) is 5.71. The maximum absolute atomic E-state index is 13.0. The molecule has 1 N–H and O–H groups in total. The van der Waals surface area contributed by atoms with Gasteiger partial charge in [-0.1, -0.05) is 12.1 Å². The summed E-state index contributed by atoms with van der Waals surface area (Å²) in [6.07, 6.45) is 5.04. The van der Waals surface area contributed by atoms with Crippen LogP contribution < -0.4 is 10.1 Å². The quantitative estimate of drug-likeness (QED) is 0.883. The summed E-state index contributed by atoms with van der Waals surface area (Å²) in [4.78, 5) is 16.4. The molecule has 5 heteroatoms. The highest BCUT2D eigenvalue weighted by Crippen LogP contribution is 2.40. The third kappa shape index (κ3) is 2.72. The molecule has 4 nitrogen and oxygen atoms in total. The van der Waals surface area contributed by atoms with Gasteiger partial charge in [0.15, 0.2) is 0 Å². The van der Waals surface area contributed by atoms with E-state index in [2.05, 4.69) is 30.1 Å². The fraction of sp³-hybridized carbons (Fsp3) is 0.571. The molecule has 6 rings (SSSR count). The lowest BCUT2D eigenvalue weighted by molar-refractivity contribution is -0.0377. The second kappa shape index (κ2) is 5.96. The third-order valence-corrected chi connectivity index (χ3v) is 7.59. The number of nitrogens with zero attached hydrogens (tertiary/aromatic N) is 1. The molecular formula is C21H26N2O2S. The zero-order valence-electron chi connectivity index (χ0n) is 15.5. The second-order valence-electron chi connectivity index (χ2n) is 8.53. The first-order valence-electron chi connectivity index (χ1n) is 9.77. The topological polar surface area (TPSA) is 41.6 Å². The van der Waals surface area contributed by atoms with Crippen molar-refractivity contribution in [2.75, 3.05) is 13.1 Å². The van der Waals surface area contributed by atoms with E-state index in [0.717, 1.165) is 46.6 Å². The van der Waals surface area contributed by atoms with E-state index in [1.807, 2.05) is 18.2 Å². The standard InChI is InChI=1S/C21H26N2O2S/c1-21(2)19(13-8-10-23(21)11-9-13)22-20(24)17-12-14-4-3-5-16(18(14)26-17)25-15-6-7-15/h3-5,12-13,15,19H,6-11H2,1-2H3,(H,22,24)/t19-/m0/s1. The van der Waals surface area contributed by atoms with Crippen molar-refractivity contribution in [3.63, 3.8) is 0 Å². The highest BCUT2D eigenvalue weighted by atomic mass is 32.1. The minimum atomic E-state index is 0.0355. The number of thiophene rings is 1. The van der Waals surface area contributed by atoms with Crippen LogP contribution >= 0.6 is 11.3 Å². The van der Waals surface area contributed by atoms with Crippen molar-refractivity contribution in [1.29, 1.82) is 0 Å². The summed E-state index contributed by atoms with van der Waals surface area (Å²) in [7, 11) is 0. The largest absolute Gasteiger partial charge is 0.489 e. The zero-order chi connectivity index (χ0) is 17.9. The van der Waals surface area contributed by atoms with Gasteiger partial charge >= 0.3 is 0 Å². The maximum atomic E-state index is 13.0. The number of ether oxygens (including phenoxy) is 1. The minimum absolute atomic E-state index is 0.0355. The molecule has 138 valence electrons. The first kappa shape index (κ1) is 16.6. The summed E-state index contributed by atoms with van der Waals surface area (Å²) in [5.41, 5.74) is 0.0355. The SMILES string of the molecule is CC1(C)[C@@H](NC(=O)c2cc3cccc(OC4CC4)c3s2)C2CCN1CC2. The molecule has 3 saturated heterocycles. The van der Waals surface area contributed by atoms with Gasteiger partial charge in [-0.3, -0.25) is 9.69 Å². The van der Waals surface area contributed by atoms with Crippen molar-refractivity contribution in [1.82, 2.24) is 10.2 Å². The average molecular weight is 371 g/mol. The molecule has 1 atom stereocenters. The Morgan fingerprint density at radius 3 is 2.69 bits per heavy atom. The zero-order valence-corrected chi connectivity index (χ0v) is 16.3. The van der Waals surface area contributed by atoms with Crippen LogP contribution in [0.5, 0.6) is 5.75 Å². The number of piperidine rings is 3. The van der Waals surface area contributed by atoms with Gasteiger partial charge in [0.2, 0.25) is 0 Å². The van der Waals surface area contributed by atoms with Crippen LogP contribution in [-0.2, 0) is 0 Å². The molecular weight excluding hydrogens is 344 g/mol. The Hall–Kier alpha value is -1.59. The number of fused-ring (bicyclic) bond motifs is 4. The van der Waals surface area contributed by atoms with Gasteiger partial charge in [0.05, 0.1) is 15.7 Å². The van der Waals surface area contributed by atoms with Crippen molar-refractivity contribution >= 4 is 27.3 Å². The lowest BCUT2D eigenvalue weighted by Crippen LogP contribution is -2.69. The van der Waals surface area contributed by atoms with Gasteiger partial charge in [0.1, 0.15) is 5.75 Å². The number of carbonyl (C=O) groups is 1. The van der Waals surface area contributed by atoms with Gasteiger partial charge in [-0.2, -0.15) is 0 Å². The first-order chi connectivity index (χ1) is 12.5. The molecule has 1 aromatic heterocycles. The summed E-state index contributed by atoms with van der Waals surface area (Å²) < 4.78 is 7.12. The Labute approximate surface area is 158 Å². The molecule has 2 bridgehead atoms. The number of rotatable bonds is 4. The van der Waals surface area contributed by atoms with Gasteiger partial charge in [0, 0.05) is 11.6 Å². The van der Waals surface area contributed by atoms with Crippen LogP contribution in [0.15, 0.2) is 24.3 Å². The summed E-state index contributed by atoms with van der Waals surface area (Å²) >= 11 is 1.56. The minimum Gasteiger partial charge on any atom is -0.489 e. The monoisotopic (exact) mass is 370 g/mol. The molecule has 1 saturated carbocycles. The number of amides is 1.